The van der Waals surface area contributed by atoms with Crippen LogP contribution in [0, 0.1) is 5.92 Å². The number of benzene rings is 1. The molecule has 0 bridgehead atoms. The van der Waals surface area contributed by atoms with Crippen LogP contribution in [-0.4, -0.2) is 23.8 Å². The first-order chi connectivity index (χ1) is 9.95. The zero-order chi connectivity index (χ0) is 15.4. The molecule has 4 nitrogen and oxygen atoms in total. The number of aliphatic hydroxyl groups excluding tert-OH is 1. The molecule has 0 spiro atoms. The molecule has 6 heteroatoms. The molecule has 0 aliphatic heterocycles. The fourth-order valence-electron chi connectivity index (χ4n) is 2.58. The molecule has 1 aromatic carbocycles. The van der Waals surface area contributed by atoms with E-state index in [0.717, 1.165) is 24.8 Å². The molecule has 1 aliphatic rings. The molecule has 1 saturated carbocycles. The molecule has 0 radical (unpaired) electrons. The van der Waals surface area contributed by atoms with E-state index in [0.29, 0.717) is 22.5 Å². The van der Waals surface area contributed by atoms with Gasteiger partial charge in [-0.3, -0.25) is 0 Å². The van der Waals surface area contributed by atoms with Crippen LogP contribution >= 0.6 is 23.2 Å². The van der Waals surface area contributed by atoms with Gasteiger partial charge in [0, 0.05) is 6.54 Å². The van der Waals surface area contributed by atoms with Crippen molar-refractivity contribution < 1.29 is 9.90 Å². The molecule has 0 heterocycles. The van der Waals surface area contributed by atoms with Crippen molar-refractivity contribution >= 4 is 29.2 Å². The molecule has 0 unspecified atom stereocenters. The summed E-state index contributed by atoms with van der Waals surface area (Å²) < 4.78 is 0. The Morgan fingerprint density at radius 3 is 2.76 bits per heavy atom. The van der Waals surface area contributed by atoms with E-state index in [2.05, 4.69) is 10.6 Å². The molecule has 1 aromatic rings. The van der Waals surface area contributed by atoms with Gasteiger partial charge in [0.1, 0.15) is 0 Å². The van der Waals surface area contributed by atoms with Crippen molar-refractivity contribution in [2.75, 3.05) is 6.54 Å². The van der Waals surface area contributed by atoms with Crippen molar-refractivity contribution in [2.24, 2.45) is 5.92 Å². The summed E-state index contributed by atoms with van der Waals surface area (Å²) in [5.41, 5.74) is 0.899. The number of halogens is 2. The molecular weight excluding hydrogens is 311 g/mol. The average molecular weight is 331 g/mol. The smallest absolute Gasteiger partial charge is 0.315 e. The van der Waals surface area contributed by atoms with Gasteiger partial charge < -0.3 is 15.7 Å². The second kappa shape index (κ2) is 7.34. The first-order valence-electron chi connectivity index (χ1n) is 7.13. The second-order valence-corrected chi connectivity index (χ2v) is 6.40. The lowest BCUT2D eigenvalue weighted by atomic mass is 10.1. The molecular formula is C15H20Cl2N2O2. The molecule has 2 rings (SSSR count). The summed E-state index contributed by atoms with van der Waals surface area (Å²) in [4.78, 5) is 11.9. The van der Waals surface area contributed by atoms with Gasteiger partial charge in [0.05, 0.1) is 22.2 Å². The van der Waals surface area contributed by atoms with Gasteiger partial charge in [0.15, 0.2) is 0 Å². The fourth-order valence-corrected chi connectivity index (χ4v) is 2.89. The van der Waals surface area contributed by atoms with Crippen molar-refractivity contribution in [1.82, 2.24) is 10.6 Å². The Labute approximate surface area is 134 Å². The molecule has 0 saturated heterocycles. The Hall–Kier alpha value is -0.970. The summed E-state index contributed by atoms with van der Waals surface area (Å²) in [6, 6.07) is 4.94. The number of rotatable bonds is 4. The van der Waals surface area contributed by atoms with Crippen LogP contribution in [0.15, 0.2) is 18.2 Å². The first kappa shape index (κ1) is 16.4. The van der Waals surface area contributed by atoms with E-state index in [-0.39, 0.29) is 18.2 Å². The van der Waals surface area contributed by atoms with Crippen LogP contribution in [0.4, 0.5) is 4.79 Å². The van der Waals surface area contributed by atoms with Crippen molar-refractivity contribution in [1.29, 1.82) is 0 Å². The predicted molar refractivity (Wildman–Crippen MR) is 84.8 cm³/mol. The van der Waals surface area contributed by atoms with Gasteiger partial charge in [0.25, 0.3) is 0 Å². The van der Waals surface area contributed by atoms with E-state index in [9.17, 15) is 9.90 Å². The van der Waals surface area contributed by atoms with E-state index in [1.54, 1.807) is 12.1 Å². The number of nitrogens with one attached hydrogen (secondary N) is 2. The van der Waals surface area contributed by atoms with Gasteiger partial charge in [-0.05, 0) is 49.8 Å². The lowest BCUT2D eigenvalue weighted by molar-refractivity contribution is 0.177. The van der Waals surface area contributed by atoms with Crippen LogP contribution < -0.4 is 10.6 Å². The maximum Gasteiger partial charge on any atom is 0.315 e. The summed E-state index contributed by atoms with van der Waals surface area (Å²) in [7, 11) is 0. The fraction of sp³-hybridized carbons (Fsp3) is 0.533. The SMILES string of the molecule is C[C@H](NC(=O)NC[C@H]1CC[C@@H](O)C1)c1ccc(Cl)c(Cl)c1. The van der Waals surface area contributed by atoms with E-state index in [4.69, 9.17) is 23.2 Å². The maximum absolute atomic E-state index is 11.9. The van der Waals surface area contributed by atoms with E-state index >= 15 is 0 Å². The van der Waals surface area contributed by atoms with Crippen molar-refractivity contribution in [3.05, 3.63) is 33.8 Å². The summed E-state index contributed by atoms with van der Waals surface area (Å²) in [6.07, 6.45) is 2.34. The number of aliphatic hydroxyl groups is 1. The van der Waals surface area contributed by atoms with Gasteiger partial charge >= 0.3 is 6.03 Å². The lowest BCUT2D eigenvalue weighted by Gasteiger charge is -2.17. The summed E-state index contributed by atoms with van der Waals surface area (Å²) in [5, 5.41) is 16.1. The van der Waals surface area contributed by atoms with Crippen molar-refractivity contribution in [3.8, 4) is 0 Å². The first-order valence-corrected chi connectivity index (χ1v) is 7.88. The Kier molecular flexibility index (Phi) is 5.73. The van der Waals surface area contributed by atoms with Crippen molar-refractivity contribution in [2.45, 2.75) is 38.3 Å². The van der Waals surface area contributed by atoms with Gasteiger partial charge in [-0.2, -0.15) is 0 Å². The minimum Gasteiger partial charge on any atom is -0.393 e. The third-order valence-electron chi connectivity index (χ3n) is 3.86. The molecule has 0 aromatic heterocycles. The maximum atomic E-state index is 11.9. The Morgan fingerprint density at radius 2 is 2.14 bits per heavy atom. The number of amides is 2. The zero-order valence-corrected chi connectivity index (χ0v) is 13.4. The lowest BCUT2D eigenvalue weighted by Crippen LogP contribution is -2.39. The molecule has 2 amide bonds. The van der Waals surface area contributed by atoms with E-state index < -0.39 is 0 Å². The molecule has 21 heavy (non-hydrogen) atoms. The minimum absolute atomic E-state index is 0.158. The zero-order valence-electron chi connectivity index (χ0n) is 11.9. The molecule has 3 N–H and O–H groups in total. The van der Waals surface area contributed by atoms with Gasteiger partial charge in [0.2, 0.25) is 0 Å². The highest BCUT2D eigenvalue weighted by Gasteiger charge is 2.23. The number of hydrogen-bond donors (Lipinski definition) is 3. The molecule has 1 fully saturated rings. The normalized spacial score (nSPS) is 22.9. The minimum atomic E-state index is -0.213. The van der Waals surface area contributed by atoms with Crippen LogP contribution in [-0.2, 0) is 0 Å². The van der Waals surface area contributed by atoms with E-state index in [1.807, 2.05) is 13.0 Å². The topological polar surface area (TPSA) is 61.4 Å². The highest BCUT2D eigenvalue weighted by molar-refractivity contribution is 6.42. The average Bonchev–Trinajstić information content (AvgIpc) is 2.85. The summed E-state index contributed by atoms with van der Waals surface area (Å²) >= 11 is 11.8. The Bertz CT molecular complexity index is 510. The summed E-state index contributed by atoms with van der Waals surface area (Å²) in [5.74, 6) is 0.367. The van der Waals surface area contributed by atoms with Gasteiger partial charge in [-0.15, -0.1) is 0 Å². The molecule has 1 aliphatic carbocycles. The van der Waals surface area contributed by atoms with E-state index in [1.165, 1.54) is 0 Å². The molecule has 116 valence electrons. The van der Waals surface area contributed by atoms with Crippen molar-refractivity contribution in [3.63, 3.8) is 0 Å². The quantitative estimate of drug-likeness (QED) is 0.791. The van der Waals surface area contributed by atoms with Gasteiger partial charge in [-0.25, -0.2) is 4.79 Å². The van der Waals surface area contributed by atoms with Crippen LogP contribution in [0.2, 0.25) is 10.0 Å². The van der Waals surface area contributed by atoms with Crippen LogP contribution in [0.3, 0.4) is 0 Å². The Balaban J connectivity index is 1.80. The monoisotopic (exact) mass is 330 g/mol. The third-order valence-corrected chi connectivity index (χ3v) is 4.60. The highest BCUT2D eigenvalue weighted by atomic mass is 35.5. The van der Waals surface area contributed by atoms with Crippen LogP contribution in [0.5, 0.6) is 0 Å². The molecule has 3 atom stereocenters. The van der Waals surface area contributed by atoms with Gasteiger partial charge in [-0.1, -0.05) is 29.3 Å². The van der Waals surface area contributed by atoms with Crippen LogP contribution in [0.1, 0.15) is 37.8 Å². The summed E-state index contributed by atoms with van der Waals surface area (Å²) in [6.45, 7) is 2.48. The number of carbonyl (C=O) groups is 1. The highest BCUT2D eigenvalue weighted by Crippen LogP contribution is 2.26. The van der Waals surface area contributed by atoms with Crippen LogP contribution in [0.25, 0.3) is 0 Å². The number of hydrogen-bond acceptors (Lipinski definition) is 2. The predicted octanol–water partition coefficient (Wildman–Crippen LogP) is 3.51. The number of urea groups is 1. The second-order valence-electron chi connectivity index (χ2n) is 5.58. The Morgan fingerprint density at radius 1 is 1.38 bits per heavy atom. The third kappa shape index (κ3) is 4.77. The largest absolute Gasteiger partial charge is 0.393 e. The standard InChI is InChI=1S/C15H20Cl2N2O2/c1-9(11-3-5-13(16)14(17)7-11)19-15(21)18-8-10-2-4-12(20)6-10/h3,5,7,9-10,12,20H,2,4,6,8H2,1H3,(H2,18,19,21)/t9-,10-,12+/m0/s1. The number of carbonyl (C=O) groups excluding carboxylic acids is 1.